The number of hydrogen-bond donors (Lipinski definition) is 0. The summed E-state index contributed by atoms with van der Waals surface area (Å²) in [6.07, 6.45) is 4.29. The van der Waals surface area contributed by atoms with Crippen molar-refractivity contribution in [2.75, 3.05) is 46.3 Å². The van der Waals surface area contributed by atoms with E-state index in [4.69, 9.17) is 0 Å². The molecule has 0 bridgehead atoms. The quantitative estimate of drug-likeness (QED) is 0.708. The molecule has 7 heteroatoms. The van der Waals surface area contributed by atoms with Crippen LogP contribution in [-0.2, 0) is 14.8 Å². The van der Waals surface area contributed by atoms with Gasteiger partial charge in [-0.25, -0.2) is 8.42 Å². The molecule has 0 radical (unpaired) electrons. The fraction of sp³-hybridized carbons (Fsp3) is 0.526. The first-order valence-corrected chi connectivity index (χ1v) is 10.6. The third-order valence-electron chi connectivity index (χ3n) is 4.67. The number of nitrogens with zero attached hydrogens (tertiary/aromatic N) is 3. The standard InChI is InChI=1S/C19H29N3O3S/c1-4-22(5-2)26(24,25)18-10-7-17(8-11-18)9-12-19(23)21-14-6-13-20(3)15-16-21/h7-12H,4-6,13-16H2,1-3H3/b12-9+. The lowest BCUT2D eigenvalue weighted by molar-refractivity contribution is -0.125. The summed E-state index contributed by atoms with van der Waals surface area (Å²) in [5.41, 5.74) is 0.809. The van der Waals surface area contributed by atoms with Gasteiger partial charge >= 0.3 is 0 Å². The third-order valence-corrected chi connectivity index (χ3v) is 6.74. The Morgan fingerprint density at radius 3 is 2.35 bits per heavy atom. The molecule has 0 N–H and O–H groups in total. The summed E-state index contributed by atoms with van der Waals surface area (Å²) >= 11 is 0. The van der Waals surface area contributed by atoms with Crippen molar-refractivity contribution in [1.82, 2.24) is 14.1 Å². The van der Waals surface area contributed by atoms with Gasteiger partial charge in [0.25, 0.3) is 0 Å². The van der Waals surface area contributed by atoms with Gasteiger partial charge in [0.15, 0.2) is 0 Å². The van der Waals surface area contributed by atoms with E-state index in [0.717, 1.165) is 38.2 Å². The predicted molar refractivity (Wildman–Crippen MR) is 104 cm³/mol. The van der Waals surface area contributed by atoms with Crippen LogP contribution in [0.2, 0.25) is 0 Å². The highest BCUT2D eigenvalue weighted by Gasteiger charge is 2.21. The maximum atomic E-state index is 12.5. The largest absolute Gasteiger partial charge is 0.338 e. The van der Waals surface area contributed by atoms with E-state index in [1.54, 1.807) is 36.4 Å². The van der Waals surface area contributed by atoms with Gasteiger partial charge in [0, 0.05) is 38.8 Å². The number of amides is 1. The first kappa shape index (κ1) is 20.6. The van der Waals surface area contributed by atoms with E-state index in [1.165, 1.54) is 4.31 Å². The lowest BCUT2D eigenvalue weighted by Crippen LogP contribution is -2.33. The number of sulfonamides is 1. The second-order valence-electron chi connectivity index (χ2n) is 6.47. The molecule has 1 fully saturated rings. The number of likely N-dealkylation sites (N-methyl/N-ethyl adjacent to an activating group) is 1. The first-order chi connectivity index (χ1) is 12.4. The molecular weight excluding hydrogens is 350 g/mol. The van der Waals surface area contributed by atoms with Gasteiger partial charge in [0.1, 0.15) is 0 Å². The Labute approximate surface area is 157 Å². The summed E-state index contributed by atoms with van der Waals surface area (Å²) in [6, 6.07) is 6.66. The maximum absolute atomic E-state index is 12.5. The van der Waals surface area contributed by atoms with Gasteiger partial charge in [0.05, 0.1) is 4.90 Å². The summed E-state index contributed by atoms with van der Waals surface area (Å²) in [5.74, 6) is 0.000129. The molecule has 1 aliphatic heterocycles. The number of benzene rings is 1. The average Bonchev–Trinajstić information content (AvgIpc) is 2.85. The zero-order chi connectivity index (χ0) is 19.2. The molecule has 1 aliphatic rings. The van der Waals surface area contributed by atoms with Gasteiger partial charge in [-0.2, -0.15) is 4.31 Å². The topological polar surface area (TPSA) is 60.9 Å². The minimum atomic E-state index is -3.45. The lowest BCUT2D eigenvalue weighted by atomic mass is 10.2. The molecule has 6 nitrogen and oxygen atoms in total. The first-order valence-electron chi connectivity index (χ1n) is 9.14. The molecule has 1 heterocycles. The SMILES string of the molecule is CCN(CC)S(=O)(=O)c1ccc(/C=C/C(=O)N2CCCN(C)CC2)cc1. The summed E-state index contributed by atoms with van der Waals surface area (Å²) < 4.78 is 26.4. The van der Waals surface area contributed by atoms with E-state index in [-0.39, 0.29) is 10.8 Å². The van der Waals surface area contributed by atoms with E-state index >= 15 is 0 Å². The van der Waals surface area contributed by atoms with Gasteiger partial charge in [0.2, 0.25) is 15.9 Å². The Bertz CT molecular complexity index is 725. The Balaban J connectivity index is 2.04. The van der Waals surface area contributed by atoms with Crippen LogP contribution in [0.3, 0.4) is 0 Å². The molecule has 0 spiro atoms. The van der Waals surface area contributed by atoms with Gasteiger partial charge in [-0.15, -0.1) is 0 Å². The Kier molecular flexibility index (Phi) is 7.37. The summed E-state index contributed by atoms with van der Waals surface area (Å²) in [4.78, 5) is 16.7. The van der Waals surface area contributed by atoms with Crippen molar-refractivity contribution >= 4 is 22.0 Å². The van der Waals surface area contributed by atoms with Crippen LogP contribution in [0.4, 0.5) is 0 Å². The van der Waals surface area contributed by atoms with Crippen LogP contribution >= 0.6 is 0 Å². The molecule has 26 heavy (non-hydrogen) atoms. The molecule has 0 atom stereocenters. The summed E-state index contributed by atoms with van der Waals surface area (Å²) in [5, 5.41) is 0. The lowest BCUT2D eigenvalue weighted by Gasteiger charge is -2.19. The number of hydrogen-bond acceptors (Lipinski definition) is 4. The van der Waals surface area contributed by atoms with Crippen LogP contribution in [0.1, 0.15) is 25.8 Å². The molecule has 144 valence electrons. The average molecular weight is 380 g/mol. The molecule has 1 aromatic carbocycles. The zero-order valence-electron chi connectivity index (χ0n) is 15.9. The molecule has 0 unspecified atom stereocenters. The number of rotatable bonds is 6. The van der Waals surface area contributed by atoms with Gasteiger partial charge in [-0.05, 0) is 43.8 Å². The highest BCUT2D eigenvalue weighted by atomic mass is 32.2. The summed E-state index contributed by atoms with van der Waals surface area (Å²) in [7, 11) is -1.38. The zero-order valence-corrected chi connectivity index (χ0v) is 16.7. The Morgan fingerprint density at radius 1 is 1.08 bits per heavy atom. The van der Waals surface area contributed by atoms with Crippen molar-refractivity contribution in [2.45, 2.75) is 25.2 Å². The van der Waals surface area contributed by atoms with E-state index in [9.17, 15) is 13.2 Å². The van der Waals surface area contributed by atoms with E-state index < -0.39 is 10.0 Å². The highest BCUT2D eigenvalue weighted by molar-refractivity contribution is 7.89. The van der Waals surface area contributed by atoms with Crippen LogP contribution in [0.25, 0.3) is 6.08 Å². The van der Waals surface area contributed by atoms with Crippen molar-refractivity contribution in [3.8, 4) is 0 Å². The molecule has 0 aromatic heterocycles. The van der Waals surface area contributed by atoms with Crippen molar-refractivity contribution in [3.05, 3.63) is 35.9 Å². The van der Waals surface area contributed by atoms with E-state index in [1.807, 2.05) is 18.7 Å². The van der Waals surface area contributed by atoms with Gasteiger partial charge < -0.3 is 9.80 Å². The molecular formula is C19H29N3O3S. The minimum absolute atomic E-state index is 0.000129. The van der Waals surface area contributed by atoms with Crippen molar-refractivity contribution < 1.29 is 13.2 Å². The third kappa shape index (κ3) is 5.16. The fourth-order valence-electron chi connectivity index (χ4n) is 3.00. The maximum Gasteiger partial charge on any atom is 0.246 e. The van der Waals surface area contributed by atoms with Crippen LogP contribution in [-0.4, -0.2) is 74.7 Å². The second kappa shape index (κ2) is 9.30. The second-order valence-corrected chi connectivity index (χ2v) is 8.41. The monoisotopic (exact) mass is 379 g/mol. The normalized spacial score (nSPS) is 17.0. The van der Waals surface area contributed by atoms with Crippen LogP contribution < -0.4 is 0 Å². The highest BCUT2D eigenvalue weighted by Crippen LogP contribution is 2.17. The van der Waals surface area contributed by atoms with E-state index in [2.05, 4.69) is 11.9 Å². The predicted octanol–water partition coefficient (Wildman–Crippen LogP) is 1.89. The van der Waals surface area contributed by atoms with E-state index in [0.29, 0.717) is 13.1 Å². The molecule has 2 rings (SSSR count). The van der Waals surface area contributed by atoms with Gasteiger partial charge in [-0.1, -0.05) is 26.0 Å². The smallest absolute Gasteiger partial charge is 0.246 e. The van der Waals surface area contributed by atoms with Crippen molar-refractivity contribution in [2.24, 2.45) is 0 Å². The molecule has 0 aliphatic carbocycles. The fourth-order valence-corrected chi connectivity index (χ4v) is 4.46. The van der Waals surface area contributed by atoms with Gasteiger partial charge in [-0.3, -0.25) is 4.79 Å². The van der Waals surface area contributed by atoms with Crippen LogP contribution in [0, 0.1) is 0 Å². The molecule has 1 aromatic rings. The summed E-state index contributed by atoms with van der Waals surface area (Å²) in [6.45, 7) is 7.94. The Morgan fingerprint density at radius 2 is 1.73 bits per heavy atom. The van der Waals surface area contributed by atoms with Crippen LogP contribution in [0.5, 0.6) is 0 Å². The number of carbonyl (C=O) groups is 1. The van der Waals surface area contributed by atoms with Crippen molar-refractivity contribution in [1.29, 1.82) is 0 Å². The van der Waals surface area contributed by atoms with Crippen LogP contribution in [0.15, 0.2) is 35.2 Å². The minimum Gasteiger partial charge on any atom is -0.338 e. The molecule has 1 saturated heterocycles. The number of carbonyl (C=O) groups excluding carboxylic acids is 1. The Hall–Kier alpha value is -1.70. The van der Waals surface area contributed by atoms with Crippen molar-refractivity contribution in [3.63, 3.8) is 0 Å². The molecule has 0 saturated carbocycles. The molecule has 1 amide bonds.